The first kappa shape index (κ1) is 13.6. The van der Waals surface area contributed by atoms with E-state index >= 15 is 0 Å². The van der Waals surface area contributed by atoms with Crippen LogP contribution in [-0.2, 0) is 8.85 Å². The molecule has 17 heavy (non-hydrogen) atoms. The summed E-state index contributed by atoms with van der Waals surface area (Å²) >= 11 is 0. The van der Waals surface area contributed by atoms with Crippen molar-refractivity contribution in [1.82, 2.24) is 0 Å². The van der Waals surface area contributed by atoms with Crippen LogP contribution in [-0.4, -0.2) is 21.8 Å². The van der Waals surface area contributed by atoms with Gasteiger partial charge in [0, 0.05) is 24.3 Å². The molecule has 2 fully saturated rings. The lowest BCUT2D eigenvalue weighted by molar-refractivity contribution is 0.161. The SMILES string of the molecule is CCO[Si](OCC)(C1CCCC1)C1CCCC1. The predicted octanol–water partition coefficient (Wildman–Crippen LogP) is 4.39. The monoisotopic (exact) mass is 256 g/mol. The maximum absolute atomic E-state index is 6.35. The molecule has 0 aromatic heterocycles. The fraction of sp³-hybridized carbons (Fsp3) is 1.00. The Labute approximate surface area is 107 Å². The van der Waals surface area contributed by atoms with Gasteiger partial charge in [-0.15, -0.1) is 0 Å². The molecule has 0 amide bonds. The van der Waals surface area contributed by atoms with Gasteiger partial charge in [-0.2, -0.15) is 0 Å². The normalized spacial score (nSPS) is 23.6. The Kier molecular flexibility index (Phi) is 5.06. The van der Waals surface area contributed by atoms with E-state index in [1.165, 1.54) is 51.4 Å². The summed E-state index contributed by atoms with van der Waals surface area (Å²) in [5.41, 5.74) is 1.57. The molecule has 0 saturated heterocycles. The van der Waals surface area contributed by atoms with E-state index in [4.69, 9.17) is 8.85 Å². The van der Waals surface area contributed by atoms with Crippen LogP contribution in [0.5, 0.6) is 0 Å². The molecule has 0 aromatic carbocycles. The third-order valence-electron chi connectivity index (χ3n) is 4.59. The molecule has 0 heterocycles. The number of hydrogen-bond acceptors (Lipinski definition) is 2. The minimum atomic E-state index is -1.93. The summed E-state index contributed by atoms with van der Waals surface area (Å²) in [6.45, 7) is 5.98. The lowest BCUT2D eigenvalue weighted by atomic mass is 10.3. The first-order valence-corrected chi connectivity index (χ1v) is 9.58. The van der Waals surface area contributed by atoms with Gasteiger partial charge in [-0.25, -0.2) is 0 Å². The van der Waals surface area contributed by atoms with Crippen LogP contribution in [0, 0.1) is 0 Å². The third-order valence-corrected chi connectivity index (χ3v) is 9.50. The zero-order valence-corrected chi connectivity index (χ0v) is 12.5. The van der Waals surface area contributed by atoms with Crippen LogP contribution in [0.25, 0.3) is 0 Å². The van der Waals surface area contributed by atoms with Gasteiger partial charge >= 0.3 is 8.56 Å². The first-order chi connectivity index (χ1) is 8.33. The van der Waals surface area contributed by atoms with E-state index in [2.05, 4.69) is 13.8 Å². The highest BCUT2D eigenvalue weighted by atomic mass is 28.4. The standard InChI is InChI=1S/C14H28O2Si/c1-3-15-17(16-4-2,13-9-5-6-10-13)14-11-7-8-12-14/h13-14H,3-12H2,1-2H3. The average molecular weight is 256 g/mol. The van der Waals surface area contributed by atoms with Gasteiger partial charge in [0.2, 0.25) is 0 Å². The smallest absolute Gasteiger partial charge is 0.344 e. The Hall–Kier alpha value is 0.137. The van der Waals surface area contributed by atoms with E-state index in [9.17, 15) is 0 Å². The molecule has 0 aromatic rings. The van der Waals surface area contributed by atoms with Gasteiger partial charge in [-0.1, -0.05) is 25.7 Å². The zero-order valence-electron chi connectivity index (χ0n) is 11.5. The highest BCUT2D eigenvalue weighted by Gasteiger charge is 2.53. The largest absolute Gasteiger partial charge is 0.394 e. The minimum absolute atomic E-state index is 0.783. The van der Waals surface area contributed by atoms with Gasteiger partial charge in [0.15, 0.2) is 0 Å². The Morgan fingerprint density at radius 2 is 1.12 bits per heavy atom. The summed E-state index contributed by atoms with van der Waals surface area (Å²) in [6.07, 6.45) is 11.0. The number of hydrogen-bond donors (Lipinski definition) is 0. The fourth-order valence-corrected chi connectivity index (χ4v) is 8.98. The van der Waals surface area contributed by atoms with Gasteiger partial charge < -0.3 is 8.85 Å². The summed E-state index contributed by atoms with van der Waals surface area (Å²) in [6, 6.07) is 0. The summed E-state index contributed by atoms with van der Waals surface area (Å²) < 4.78 is 12.7. The van der Waals surface area contributed by atoms with Gasteiger partial charge in [0.05, 0.1) is 0 Å². The van der Waals surface area contributed by atoms with Crippen molar-refractivity contribution in [2.75, 3.05) is 13.2 Å². The minimum Gasteiger partial charge on any atom is -0.394 e. The molecule has 2 rings (SSSR count). The quantitative estimate of drug-likeness (QED) is 0.656. The first-order valence-electron chi connectivity index (χ1n) is 7.61. The lowest BCUT2D eigenvalue weighted by Crippen LogP contribution is -2.50. The molecule has 100 valence electrons. The zero-order chi connectivity index (χ0) is 12.1. The Morgan fingerprint density at radius 3 is 1.41 bits per heavy atom. The van der Waals surface area contributed by atoms with Crippen molar-refractivity contribution in [1.29, 1.82) is 0 Å². The number of rotatable bonds is 6. The second-order valence-electron chi connectivity index (χ2n) is 5.55. The highest BCUT2D eigenvalue weighted by Crippen LogP contribution is 2.50. The van der Waals surface area contributed by atoms with Crippen LogP contribution >= 0.6 is 0 Å². The van der Waals surface area contributed by atoms with Crippen LogP contribution in [0.3, 0.4) is 0 Å². The van der Waals surface area contributed by atoms with Crippen LogP contribution in [0.15, 0.2) is 0 Å². The molecular weight excluding hydrogens is 228 g/mol. The van der Waals surface area contributed by atoms with Gasteiger partial charge in [-0.3, -0.25) is 0 Å². The van der Waals surface area contributed by atoms with Crippen molar-refractivity contribution >= 4 is 8.56 Å². The third kappa shape index (κ3) is 2.77. The van der Waals surface area contributed by atoms with Crippen LogP contribution < -0.4 is 0 Å². The molecule has 3 heteroatoms. The molecule has 2 aliphatic carbocycles. The van der Waals surface area contributed by atoms with E-state index in [0.717, 1.165) is 24.3 Å². The Bertz CT molecular complexity index is 196. The molecule has 0 radical (unpaired) electrons. The molecule has 2 nitrogen and oxygen atoms in total. The molecule has 0 spiro atoms. The summed E-state index contributed by atoms with van der Waals surface area (Å²) in [5, 5.41) is 0. The molecule has 0 atom stereocenters. The average Bonchev–Trinajstić information content (AvgIpc) is 3.02. The van der Waals surface area contributed by atoms with Gasteiger partial charge in [-0.05, 0) is 39.5 Å². The molecule has 0 aliphatic heterocycles. The maximum atomic E-state index is 6.35. The van der Waals surface area contributed by atoms with Crippen molar-refractivity contribution in [3.63, 3.8) is 0 Å². The molecular formula is C14H28O2Si. The molecule has 2 aliphatic rings. The molecule has 0 bridgehead atoms. The van der Waals surface area contributed by atoms with E-state index < -0.39 is 8.56 Å². The highest BCUT2D eigenvalue weighted by molar-refractivity contribution is 6.70. The summed E-state index contributed by atoms with van der Waals surface area (Å²) in [4.78, 5) is 0. The van der Waals surface area contributed by atoms with Crippen molar-refractivity contribution in [2.45, 2.75) is 76.3 Å². The van der Waals surface area contributed by atoms with Crippen LogP contribution in [0.4, 0.5) is 0 Å². The second-order valence-corrected chi connectivity index (χ2v) is 9.20. The van der Waals surface area contributed by atoms with Crippen LogP contribution in [0.1, 0.15) is 65.2 Å². The van der Waals surface area contributed by atoms with E-state index in [0.29, 0.717) is 0 Å². The Morgan fingerprint density at radius 1 is 0.765 bits per heavy atom. The van der Waals surface area contributed by atoms with Gasteiger partial charge in [0.1, 0.15) is 0 Å². The fourth-order valence-electron chi connectivity index (χ4n) is 3.95. The van der Waals surface area contributed by atoms with E-state index in [1.54, 1.807) is 0 Å². The van der Waals surface area contributed by atoms with Crippen molar-refractivity contribution < 1.29 is 8.85 Å². The summed E-state index contributed by atoms with van der Waals surface area (Å²) in [5.74, 6) is 0. The molecule has 0 unspecified atom stereocenters. The second kappa shape index (κ2) is 6.35. The van der Waals surface area contributed by atoms with Crippen molar-refractivity contribution in [3.8, 4) is 0 Å². The van der Waals surface area contributed by atoms with Crippen LogP contribution in [0.2, 0.25) is 11.1 Å². The predicted molar refractivity (Wildman–Crippen MR) is 73.4 cm³/mol. The molecule has 0 N–H and O–H groups in total. The topological polar surface area (TPSA) is 18.5 Å². The van der Waals surface area contributed by atoms with Gasteiger partial charge in [0.25, 0.3) is 0 Å². The van der Waals surface area contributed by atoms with Crippen molar-refractivity contribution in [3.05, 3.63) is 0 Å². The summed E-state index contributed by atoms with van der Waals surface area (Å²) in [7, 11) is -1.93. The van der Waals surface area contributed by atoms with E-state index in [-0.39, 0.29) is 0 Å². The van der Waals surface area contributed by atoms with Crippen molar-refractivity contribution in [2.24, 2.45) is 0 Å². The van der Waals surface area contributed by atoms with E-state index in [1.807, 2.05) is 0 Å². The maximum Gasteiger partial charge on any atom is 0.344 e. The molecule has 2 saturated carbocycles. The Balaban J connectivity index is 2.16. The lowest BCUT2D eigenvalue weighted by Gasteiger charge is -2.39.